The summed E-state index contributed by atoms with van der Waals surface area (Å²) in [6.07, 6.45) is 0. The van der Waals surface area contributed by atoms with Gasteiger partial charge in [-0.15, -0.1) is 0 Å². The van der Waals surface area contributed by atoms with E-state index in [0.29, 0.717) is 13.3 Å². The van der Waals surface area contributed by atoms with Crippen molar-refractivity contribution in [2.45, 2.75) is 20.0 Å². The molecule has 2 heterocycles. The number of fused-ring (bicyclic) bond motifs is 1. The lowest BCUT2D eigenvalue weighted by Gasteiger charge is -2.07. The van der Waals surface area contributed by atoms with Crippen molar-refractivity contribution in [2.75, 3.05) is 6.79 Å². The SMILES string of the molecule is Cc1ccc(CNCc2cc3c(cc2Br)OCO3)o1. The summed E-state index contributed by atoms with van der Waals surface area (Å²) in [6, 6.07) is 7.88. The number of ether oxygens (including phenoxy) is 2. The van der Waals surface area contributed by atoms with Crippen LogP contribution >= 0.6 is 15.9 Å². The van der Waals surface area contributed by atoms with Gasteiger partial charge in [0, 0.05) is 11.0 Å². The van der Waals surface area contributed by atoms with Crippen molar-refractivity contribution in [3.63, 3.8) is 0 Å². The van der Waals surface area contributed by atoms with E-state index in [1.54, 1.807) is 0 Å². The van der Waals surface area contributed by atoms with Crippen LogP contribution in [0.1, 0.15) is 17.1 Å². The molecule has 1 aromatic carbocycles. The van der Waals surface area contributed by atoms with Gasteiger partial charge in [-0.1, -0.05) is 15.9 Å². The quantitative estimate of drug-likeness (QED) is 0.936. The van der Waals surface area contributed by atoms with Gasteiger partial charge in [-0.3, -0.25) is 0 Å². The van der Waals surface area contributed by atoms with Gasteiger partial charge < -0.3 is 19.2 Å². The Balaban J connectivity index is 1.64. The van der Waals surface area contributed by atoms with Gasteiger partial charge in [-0.2, -0.15) is 0 Å². The molecule has 19 heavy (non-hydrogen) atoms. The van der Waals surface area contributed by atoms with Gasteiger partial charge in [-0.25, -0.2) is 0 Å². The molecule has 0 amide bonds. The number of furan rings is 1. The molecule has 1 N–H and O–H groups in total. The summed E-state index contributed by atoms with van der Waals surface area (Å²) in [5.74, 6) is 3.46. The fraction of sp³-hybridized carbons (Fsp3) is 0.286. The smallest absolute Gasteiger partial charge is 0.231 e. The second kappa shape index (κ2) is 5.27. The molecule has 1 aliphatic rings. The fourth-order valence-electron chi connectivity index (χ4n) is 2.00. The van der Waals surface area contributed by atoms with Crippen molar-refractivity contribution in [3.8, 4) is 11.5 Å². The number of rotatable bonds is 4. The molecular formula is C14H14BrNO3. The summed E-state index contributed by atoms with van der Waals surface area (Å²) in [5, 5.41) is 3.34. The van der Waals surface area contributed by atoms with Gasteiger partial charge in [0.2, 0.25) is 6.79 Å². The van der Waals surface area contributed by atoms with E-state index >= 15 is 0 Å². The highest BCUT2D eigenvalue weighted by Gasteiger charge is 2.16. The average molecular weight is 324 g/mol. The largest absolute Gasteiger partial charge is 0.465 e. The number of halogens is 1. The number of nitrogens with one attached hydrogen (secondary N) is 1. The van der Waals surface area contributed by atoms with Gasteiger partial charge in [-0.05, 0) is 36.8 Å². The molecule has 100 valence electrons. The number of hydrogen-bond acceptors (Lipinski definition) is 4. The van der Waals surface area contributed by atoms with Crippen LogP contribution in [0.15, 0.2) is 33.2 Å². The van der Waals surface area contributed by atoms with E-state index in [0.717, 1.165) is 39.6 Å². The lowest BCUT2D eigenvalue weighted by atomic mass is 10.2. The first-order valence-electron chi connectivity index (χ1n) is 6.06. The van der Waals surface area contributed by atoms with Gasteiger partial charge >= 0.3 is 0 Å². The van der Waals surface area contributed by atoms with Crippen LogP contribution in [0.4, 0.5) is 0 Å². The maximum atomic E-state index is 5.51. The predicted molar refractivity (Wildman–Crippen MR) is 74.3 cm³/mol. The van der Waals surface area contributed by atoms with Crippen LogP contribution in [0.5, 0.6) is 11.5 Å². The number of aryl methyl sites for hydroxylation is 1. The first-order valence-corrected chi connectivity index (χ1v) is 6.86. The molecule has 0 spiro atoms. The van der Waals surface area contributed by atoms with Gasteiger partial charge in [0.15, 0.2) is 11.5 Å². The van der Waals surface area contributed by atoms with E-state index in [-0.39, 0.29) is 0 Å². The Bertz CT molecular complexity index is 594. The molecule has 1 aromatic heterocycles. The summed E-state index contributed by atoms with van der Waals surface area (Å²) in [7, 11) is 0. The Labute approximate surface area is 119 Å². The summed E-state index contributed by atoms with van der Waals surface area (Å²) >= 11 is 3.54. The first-order chi connectivity index (χ1) is 9.22. The molecule has 0 saturated carbocycles. The van der Waals surface area contributed by atoms with Crippen molar-refractivity contribution < 1.29 is 13.9 Å². The predicted octanol–water partition coefficient (Wildman–Crippen LogP) is 3.37. The van der Waals surface area contributed by atoms with Crippen molar-refractivity contribution in [3.05, 3.63) is 45.8 Å². The van der Waals surface area contributed by atoms with Crippen LogP contribution < -0.4 is 14.8 Å². The Morgan fingerprint density at radius 3 is 2.68 bits per heavy atom. The zero-order chi connectivity index (χ0) is 13.2. The summed E-state index contributed by atoms with van der Waals surface area (Å²) in [6.45, 7) is 3.67. The van der Waals surface area contributed by atoms with Crippen LogP contribution in [-0.4, -0.2) is 6.79 Å². The van der Waals surface area contributed by atoms with Crippen molar-refractivity contribution >= 4 is 15.9 Å². The normalized spacial score (nSPS) is 12.9. The van der Waals surface area contributed by atoms with Crippen LogP contribution in [0.3, 0.4) is 0 Å². The minimum Gasteiger partial charge on any atom is -0.465 e. The fourth-order valence-corrected chi connectivity index (χ4v) is 2.46. The zero-order valence-corrected chi connectivity index (χ0v) is 12.1. The minimum atomic E-state index is 0.296. The molecule has 0 bridgehead atoms. The average Bonchev–Trinajstić information content (AvgIpc) is 2.98. The van der Waals surface area contributed by atoms with Crippen LogP contribution in [-0.2, 0) is 13.1 Å². The molecule has 0 radical (unpaired) electrons. The Hall–Kier alpha value is -1.46. The van der Waals surface area contributed by atoms with Crippen molar-refractivity contribution in [1.82, 2.24) is 5.32 Å². The third-order valence-electron chi connectivity index (χ3n) is 2.95. The lowest BCUT2D eigenvalue weighted by Crippen LogP contribution is -2.12. The molecule has 4 nitrogen and oxygen atoms in total. The zero-order valence-electron chi connectivity index (χ0n) is 10.5. The van der Waals surface area contributed by atoms with Crippen LogP contribution in [0.2, 0.25) is 0 Å². The lowest BCUT2D eigenvalue weighted by molar-refractivity contribution is 0.174. The molecule has 0 atom stereocenters. The third-order valence-corrected chi connectivity index (χ3v) is 3.69. The first kappa shape index (κ1) is 12.6. The highest BCUT2D eigenvalue weighted by Crippen LogP contribution is 2.36. The van der Waals surface area contributed by atoms with Crippen LogP contribution in [0, 0.1) is 6.92 Å². The number of hydrogen-bond donors (Lipinski definition) is 1. The van der Waals surface area contributed by atoms with E-state index in [9.17, 15) is 0 Å². The Morgan fingerprint density at radius 2 is 1.95 bits per heavy atom. The molecule has 2 aromatic rings. The van der Waals surface area contributed by atoms with E-state index < -0.39 is 0 Å². The van der Waals surface area contributed by atoms with E-state index in [1.165, 1.54) is 0 Å². The second-order valence-electron chi connectivity index (χ2n) is 4.41. The Morgan fingerprint density at radius 1 is 1.16 bits per heavy atom. The molecule has 5 heteroatoms. The summed E-state index contributed by atoms with van der Waals surface area (Å²) in [5.41, 5.74) is 1.13. The topological polar surface area (TPSA) is 43.6 Å². The summed E-state index contributed by atoms with van der Waals surface area (Å²) < 4.78 is 17.2. The third kappa shape index (κ3) is 2.77. The molecule has 0 aliphatic carbocycles. The van der Waals surface area contributed by atoms with E-state index in [1.807, 2.05) is 31.2 Å². The molecule has 0 fully saturated rings. The molecule has 1 aliphatic heterocycles. The van der Waals surface area contributed by atoms with Crippen molar-refractivity contribution in [2.24, 2.45) is 0 Å². The number of benzene rings is 1. The monoisotopic (exact) mass is 323 g/mol. The standard InChI is InChI=1S/C14H14BrNO3/c1-9-2-3-11(19-9)7-16-6-10-4-13-14(5-12(10)15)18-8-17-13/h2-5,16H,6-8H2,1H3. The highest BCUT2D eigenvalue weighted by molar-refractivity contribution is 9.10. The van der Waals surface area contributed by atoms with Gasteiger partial charge in [0.1, 0.15) is 11.5 Å². The summed E-state index contributed by atoms with van der Waals surface area (Å²) in [4.78, 5) is 0. The van der Waals surface area contributed by atoms with E-state index in [4.69, 9.17) is 13.9 Å². The second-order valence-corrected chi connectivity index (χ2v) is 5.27. The Kier molecular flexibility index (Phi) is 3.48. The van der Waals surface area contributed by atoms with Crippen molar-refractivity contribution in [1.29, 1.82) is 0 Å². The van der Waals surface area contributed by atoms with E-state index in [2.05, 4.69) is 21.2 Å². The maximum Gasteiger partial charge on any atom is 0.231 e. The van der Waals surface area contributed by atoms with Crippen LogP contribution in [0.25, 0.3) is 0 Å². The maximum absolute atomic E-state index is 5.51. The molecular weight excluding hydrogens is 310 g/mol. The molecule has 0 saturated heterocycles. The molecule has 0 unspecified atom stereocenters. The highest BCUT2D eigenvalue weighted by atomic mass is 79.9. The molecule has 3 rings (SSSR count). The minimum absolute atomic E-state index is 0.296. The van der Waals surface area contributed by atoms with Gasteiger partial charge in [0.05, 0.1) is 6.54 Å². The van der Waals surface area contributed by atoms with Gasteiger partial charge in [0.25, 0.3) is 0 Å².